The largest absolute Gasteiger partial charge is 0.477 e. The molecule has 1 aromatic rings. The van der Waals surface area contributed by atoms with Crippen LogP contribution in [0.5, 0.6) is 5.75 Å². The van der Waals surface area contributed by atoms with Gasteiger partial charge in [0.25, 0.3) is 5.24 Å². The monoisotopic (exact) mass is 196 g/mol. The molecule has 13 heavy (non-hydrogen) atoms. The normalized spacial score (nSPS) is 11.8. The van der Waals surface area contributed by atoms with Crippen LogP contribution in [0.25, 0.3) is 0 Å². The van der Waals surface area contributed by atoms with E-state index in [0.717, 1.165) is 0 Å². The first kappa shape index (κ1) is 9.81. The average Bonchev–Trinajstić information content (AvgIpc) is 2.15. The smallest absolute Gasteiger partial charge is 0.266 e. The SMILES string of the molecule is C=CC(Oc1ccccc1)C(=O)Cl. The van der Waals surface area contributed by atoms with E-state index in [9.17, 15) is 4.79 Å². The van der Waals surface area contributed by atoms with Crippen molar-refractivity contribution in [2.75, 3.05) is 0 Å². The van der Waals surface area contributed by atoms with Crippen molar-refractivity contribution in [1.82, 2.24) is 0 Å². The molecule has 2 nitrogen and oxygen atoms in total. The highest BCUT2D eigenvalue weighted by atomic mass is 35.5. The van der Waals surface area contributed by atoms with Crippen molar-refractivity contribution < 1.29 is 9.53 Å². The molecule has 1 atom stereocenters. The second-order valence-corrected chi connectivity index (χ2v) is 2.76. The summed E-state index contributed by atoms with van der Waals surface area (Å²) >= 11 is 5.26. The molecule has 0 spiro atoms. The van der Waals surface area contributed by atoms with E-state index in [4.69, 9.17) is 16.3 Å². The van der Waals surface area contributed by atoms with Crippen LogP contribution in [0, 0.1) is 0 Å². The maximum atomic E-state index is 10.7. The van der Waals surface area contributed by atoms with E-state index in [-0.39, 0.29) is 0 Å². The number of carbonyl (C=O) groups excluding carboxylic acids is 1. The van der Waals surface area contributed by atoms with E-state index in [1.807, 2.05) is 18.2 Å². The lowest BCUT2D eigenvalue weighted by atomic mass is 10.3. The maximum absolute atomic E-state index is 10.7. The third-order valence-electron chi connectivity index (χ3n) is 1.44. The fraction of sp³-hybridized carbons (Fsp3) is 0.100. The zero-order valence-electron chi connectivity index (χ0n) is 6.94. The number of para-hydroxylation sites is 1. The van der Waals surface area contributed by atoms with Crippen LogP contribution in [0.1, 0.15) is 0 Å². The highest BCUT2D eigenvalue weighted by Gasteiger charge is 2.12. The number of rotatable bonds is 4. The fourth-order valence-electron chi connectivity index (χ4n) is 0.833. The van der Waals surface area contributed by atoms with Crippen molar-refractivity contribution >= 4 is 16.8 Å². The first-order valence-corrected chi connectivity index (χ1v) is 4.15. The van der Waals surface area contributed by atoms with Gasteiger partial charge in [-0.05, 0) is 29.8 Å². The Morgan fingerprint density at radius 3 is 2.54 bits per heavy atom. The topological polar surface area (TPSA) is 26.3 Å². The van der Waals surface area contributed by atoms with Crippen LogP contribution in [0.15, 0.2) is 43.0 Å². The van der Waals surface area contributed by atoms with Crippen molar-refractivity contribution in [3.05, 3.63) is 43.0 Å². The van der Waals surface area contributed by atoms with Gasteiger partial charge >= 0.3 is 0 Å². The number of carbonyl (C=O) groups is 1. The van der Waals surface area contributed by atoms with Gasteiger partial charge in [0.1, 0.15) is 5.75 Å². The third kappa shape index (κ3) is 2.92. The van der Waals surface area contributed by atoms with Crippen molar-refractivity contribution in [3.63, 3.8) is 0 Å². The summed E-state index contributed by atoms with van der Waals surface area (Å²) in [5, 5.41) is -0.571. The molecule has 0 amide bonds. The number of benzene rings is 1. The van der Waals surface area contributed by atoms with Crippen LogP contribution >= 0.6 is 11.6 Å². The van der Waals surface area contributed by atoms with Gasteiger partial charge < -0.3 is 4.74 Å². The van der Waals surface area contributed by atoms with Crippen LogP contribution in [-0.2, 0) is 4.79 Å². The molecule has 0 aliphatic rings. The number of ether oxygens (including phenoxy) is 1. The van der Waals surface area contributed by atoms with Gasteiger partial charge in [-0.15, -0.1) is 0 Å². The molecule has 0 bridgehead atoms. The Balaban J connectivity index is 2.67. The summed E-state index contributed by atoms with van der Waals surface area (Å²) in [6.45, 7) is 3.45. The van der Waals surface area contributed by atoms with Gasteiger partial charge in [0.15, 0.2) is 6.10 Å². The molecule has 0 aromatic heterocycles. The summed E-state index contributed by atoms with van der Waals surface area (Å²) in [5.74, 6) is 0.599. The zero-order valence-corrected chi connectivity index (χ0v) is 7.70. The molecule has 68 valence electrons. The molecule has 0 radical (unpaired) electrons. The highest BCUT2D eigenvalue weighted by molar-refractivity contribution is 6.64. The molecular weight excluding hydrogens is 188 g/mol. The van der Waals surface area contributed by atoms with Gasteiger partial charge in [0.2, 0.25) is 0 Å². The second-order valence-electron chi connectivity index (χ2n) is 2.39. The van der Waals surface area contributed by atoms with E-state index in [1.54, 1.807) is 12.1 Å². The molecule has 0 aliphatic heterocycles. The van der Waals surface area contributed by atoms with Gasteiger partial charge in [0, 0.05) is 0 Å². The molecule has 3 heteroatoms. The van der Waals surface area contributed by atoms with E-state index < -0.39 is 11.3 Å². The van der Waals surface area contributed by atoms with Crippen molar-refractivity contribution in [3.8, 4) is 5.75 Å². The standard InChI is InChI=1S/C10H9ClO2/c1-2-9(10(11)12)13-8-6-4-3-5-7-8/h2-7,9H,1H2. The Labute approximate surface area is 81.8 Å². The van der Waals surface area contributed by atoms with Crippen molar-refractivity contribution in [1.29, 1.82) is 0 Å². The summed E-state index contributed by atoms with van der Waals surface area (Å²) in [5.41, 5.74) is 0. The number of halogens is 1. The average molecular weight is 197 g/mol. The number of hydrogen-bond donors (Lipinski definition) is 0. The summed E-state index contributed by atoms with van der Waals surface area (Å²) in [6.07, 6.45) is 0.589. The molecule has 0 fully saturated rings. The molecule has 0 saturated heterocycles. The van der Waals surface area contributed by atoms with Crippen LogP contribution in [0.4, 0.5) is 0 Å². The quantitative estimate of drug-likeness (QED) is 0.546. The predicted molar refractivity (Wildman–Crippen MR) is 51.9 cm³/mol. The number of hydrogen-bond acceptors (Lipinski definition) is 2. The van der Waals surface area contributed by atoms with E-state index in [2.05, 4.69) is 6.58 Å². The Hall–Kier alpha value is -1.28. The Bertz CT molecular complexity index is 295. The van der Waals surface area contributed by atoms with Crippen LogP contribution in [0.3, 0.4) is 0 Å². The van der Waals surface area contributed by atoms with E-state index in [1.165, 1.54) is 6.08 Å². The minimum atomic E-state index is -0.774. The Morgan fingerprint density at radius 2 is 2.08 bits per heavy atom. The first-order valence-electron chi connectivity index (χ1n) is 3.77. The minimum absolute atomic E-state index is 0.571. The van der Waals surface area contributed by atoms with Gasteiger partial charge in [-0.2, -0.15) is 0 Å². The van der Waals surface area contributed by atoms with E-state index >= 15 is 0 Å². The molecular formula is C10H9ClO2. The molecule has 0 N–H and O–H groups in total. The zero-order chi connectivity index (χ0) is 9.68. The van der Waals surface area contributed by atoms with E-state index in [0.29, 0.717) is 5.75 Å². The lowest BCUT2D eigenvalue weighted by Crippen LogP contribution is -2.20. The summed E-state index contributed by atoms with van der Waals surface area (Å²) in [6, 6.07) is 8.98. The first-order chi connectivity index (χ1) is 6.24. The van der Waals surface area contributed by atoms with Gasteiger partial charge in [-0.25, -0.2) is 0 Å². The van der Waals surface area contributed by atoms with Crippen LogP contribution < -0.4 is 4.74 Å². The summed E-state index contributed by atoms with van der Waals surface area (Å²) < 4.78 is 5.23. The minimum Gasteiger partial charge on any atom is -0.477 e. The van der Waals surface area contributed by atoms with Gasteiger partial charge in [-0.1, -0.05) is 24.8 Å². The molecule has 1 unspecified atom stereocenters. The highest BCUT2D eigenvalue weighted by Crippen LogP contribution is 2.12. The third-order valence-corrected chi connectivity index (χ3v) is 1.66. The molecule has 1 rings (SSSR count). The van der Waals surface area contributed by atoms with Crippen LogP contribution in [-0.4, -0.2) is 11.3 Å². The molecule has 1 aromatic carbocycles. The van der Waals surface area contributed by atoms with Crippen molar-refractivity contribution in [2.24, 2.45) is 0 Å². The lowest BCUT2D eigenvalue weighted by molar-refractivity contribution is -0.116. The molecule has 0 saturated carbocycles. The Kier molecular flexibility index (Phi) is 3.53. The van der Waals surface area contributed by atoms with Gasteiger partial charge in [0.05, 0.1) is 0 Å². The Morgan fingerprint density at radius 1 is 1.46 bits per heavy atom. The van der Waals surface area contributed by atoms with Crippen molar-refractivity contribution in [2.45, 2.75) is 6.10 Å². The fourth-order valence-corrected chi connectivity index (χ4v) is 0.966. The predicted octanol–water partition coefficient (Wildman–Crippen LogP) is 2.39. The summed E-state index contributed by atoms with van der Waals surface area (Å²) in [4.78, 5) is 10.7. The summed E-state index contributed by atoms with van der Waals surface area (Å²) in [7, 11) is 0. The second kappa shape index (κ2) is 4.67. The lowest BCUT2D eigenvalue weighted by Gasteiger charge is -2.10. The molecule has 0 aliphatic carbocycles. The van der Waals surface area contributed by atoms with Gasteiger partial charge in [-0.3, -0.25) is 4.79 Å². The maximum Gasteiger partial charge on any atom is 0.266 e. The molecule has 0 heterocycles. The van der Waals surface area contributed by atoms with Crippen LogP contribution in [0.2, 0.25) is 0 Å².